The number of hydrogen-bond donors (Lipinski definition) is 9. The molecule has 9 rings (SSSR count). The van der Waals surface area contributed by atoms with Gasteiger partial charge in [-0.3, -0.25) is 19.2 Å². The maximum Gasteiger partial charge on any atom is 0.326 e. The zero-order valence-corrected chi connectivity index (χ0v) is 36.7. The van der Waals surface area contributed by atoms with Crippen LogP contribution in [0.1, 0.15) is 45.9 Å². The van der Waals surface area contributed by atoms with E-state index in [1.165, 1.54) is 43.4 Å². The maximum atomic E-state index is 15.2. The van der Waals surface area contributed by atoms with Crippen LogP contribution in [0.3, 0.4) is 0 Å². The van der Waals surface area contributed by atoms with Crippen LogP contribution in [0.5, 0.6) is 28.7 Å². The highest BCUT2D eigenvalue weighted by Crippen LogP contribution is 2.45. The van der Waals surface area contributed by atoms with Crippen molar-refractivity contribution in [2.45, 2.75) is 43.1 Å². The third-order valence-corrected chi connectivity index (χ3v) is 12.5. The van der Waals surface area contributed by atoms with Gasteiger partial charge in [0.2, 0.25) is 23.6 Å². The summed E-state index contributed by atoms with van der Waals surface area (Å²) in [5.41, 5.74) is 8.46. The molecule has 334 valence electrons. The number of para-hydroxylation sites is 1. The van der Waals surface area contributed by atoms with E-state index in [1.54, 1.807) is 36.5 Å². The first-order valence-corrected chi connectivity index (χ1v) is 21.2. The summed E-state index contributed by atoms with van der Waals surface area (Å²) in [5, 5.41) is 50.7. The highest BCUT2D eigenvalue weighted by molar-refractivity contribution is 6.37. The third-order valence-electron chi connectivity index (χ3n) is 11.4. The minimum absolute atomic E-state index is 0.0278. The molecule has 0 radical (unpaired) electrons. The van der Waals surface area contributed by atoms with Crippen LogP contribution in [0.2, 0.25) is 20.1 Å². The van der Waals surface area contributed by atoms with Crippen LogP contribution in [0, 0.1) is 0 Å². The molecule has 0 saturated heterocycles. The summed E-state index contributed by atoms with van der Waals surface area (Å²) in [5.74, 6) is -6.73. The fraction of sp³-hybridized carbons (Fsp3) is 0.178. The average molecular weight is 963 g/mol. The van der Waals surface area contributed by atoms with Crippen molar-refractivity contribution >= 4 is 86.9 Å². The highest BCUT2D eigenvalue weighted by Gasteiger charge is 2.38. The van der Waals surface area contributed by atoms with Gasteiger partial charge >= 0.3 is 5.97 Å². The van der Waals surface area contributed by atoms with Gasteiger partial charge in [0.25, 0.3) is 0 Å². The van der Waals surface area contributed by atoms with Crippen molar-refractivity contribution < 1.29 is 49.1 Å². The number of halogens is 4. The number of nitrogens with two attached hydrogens (primary N) is 1. The predicted molar refractivity (Wildman–Crippen MR) is 240 cm³/mol. The Morgan fingerprint density at radius 2 is 1.23 bits per heavy atom. The number of ether oxygens (including phenoxy) is 1. The summed E-state index contributed by atoms with van der Waals surface area (Å²) in [6.07, 6.45) is 1.42. The summed E-state index contributed by atoms with van der Waals surface area (Å²) in [6, 6.07) is 10.8. The number of likely N-dealkylation sites (N-methyl/N-ethyl adjacent to an activating group) is 1. The molecule has 4 heterocycles. The van der Waals surface area contributed by atoms with Gasteiger partial charge in [0.1, 0.15) is 29.9 Å². The number of benzene rings is 5. The first kappa shape index (κ1) is 44.9. The molecule has 9 bridgehead atoms. The Balaban J connectivity index is 1.40. The zero-order chi connectivity index (χ0) is 46.6. The Hall–Kier alpha value is -6.69. The van der Waals surface area contributed by atoms with E-state index in [1.807, 2.05) is 0 Å². The predicted octanol–water partition coefficient (Wildman–Crippen LogP) is 6.58. The maximum absolute atomic E-state index is 15.2. The Morgan fingerprint density at radius 1 is 0.692 bits per heavy atom. The van der Waals surface area contributed by atoms with Gasteiger partial charge < -0.3 is 56.7 Å². The Morgan fingerprint density at radius 3 is 1.82 bits per heavy atom. The molecule has 0 aliphatic carbocycles. The van der Waals surface area contributed by atoms with Crippen molar-refractivity contribution in [2.75, 3.05) is 7.05 Å². The van der Waals surface area contributed by atoms with Crippen LogP contribution < -0.4 is 26.4 Å². The van der Waals surface area contributed by atoms with Crippen molar-refractivity contribution in [3.8, 4) is 39.9 Å². The minimum Gasteiger partial charge on any atom is -0.505 e. The summed E-state index contributed by atoms with van der Waals surface area (Å²) >= 11 is 25.3. The van der Waals surface area contributed by atoms with Crippen LogP contribution in [0.4, 0.5) is 0 Å². The number of fused-ring (bicyclic) bond motifs is 10. The lowest BCUT2D eigenvalue weighted by atomic mass is 9.94. The van der Waals surface area contributed by atoms with Crippen molar-refractivity contribution in [2.24, 2.45) is 5.73 Å². The third kappa shape index (κ3) is 8.66. The van der Waals surface area contributed by atoms with E-state index < -0.39 is 71.3 Å². The van der Waals surface area contributed by atoms with Crippen molar-refractivity contribution in [3.63, 3.8) is 0 Å². The molecule has 20 heteroatoms. The van der Waals surface area contributed by atoms with E-state index in [2.05, 4.69) is 20.9 Å². The first-order chi connectivity index (χ1) is 30.9. The largest absolute Gasteiger partial charge is 0.505 e. The fourth-order valence-corrected chi connectivity index (χ4v) is 8.91. The number of hydrogen-bond acceptors (Lipinski definition) is 10. The second-order valence-electron chi connectivity index (χ2n) is 15.5. The van der Waals surface area contributed by atoms with Gasteiger partial charge in [-0.1, -0.05) is 76.7 Å². The lowest BCUT2D eigenvalue weighted by molar-refractivity contribution is -0.150. The molecule has 5 atom stereocenters. The van der Waals surface area contributed by atoms with E-state index in [-0.39, 0.29) is 72.4 Å². The smallest absolute Gasteiger partial charge is 0.326 e. The summed E-state index contributed by atoms with van der Waals surface area (Å²) in [7, 11) is 1.23. The molecule has 0 spiro atoms. The van der Waals surface area contributed by atoms with Crippen LogP contribution in [0.15, 0.2) is 85.1 Å². The summed E-state index contributed by atoms with van der Waals surface area (Å²) < 4.78 is 6.28. The van der Waals surface area contributed by atoms with E-state index in [9.17, 15) is 39.6 Å². The van der Waals surface area contributed by atoms with Crippen molar-refractivity contribution in [3.05, 3.63) is 133 Å². The number of carbonyl (C=O) groups is 5. The summed E-state index contributed by atoms with van der Waals surface area (Å²) in [6.45, 7) is 0. The standard InChI is InChI=1S/C45H36Cl4N6O10/c1-55-32(45(63)64)9-18-5-7-23(8-6-18)65-33-16-19-10-26(38(33)56)25-4-2-3-24-22(17-51-37(24)25)15-31(50)41(59)52-35(20-11-27(46)39(57)28(47)12-20)42(60)53-34(19)43(61)54-36(44(55)62)21-13-29(48)40(58)30(49)14-21/h2-8,10-14,16-17,31-32,34-36,51,56-58H,9,15,50H2,1H3,(H,52,59)(H,53,60)(H,54,61)(H,63,64)/t31?,32?,34?,35-,36-/m1/s1. The molecule has 16 nitrogen and oxygen atoms in total. The van der Waals surface area contributed by atoms with Gasteiger partial charge in [-0.05, 0) is 82.8 Å². The van der Waals surface area contributed by atoms with Gasteiger partial charge in [0.05, 0.1) is 31.6 Å². The van der Waals surface area contributed by atoms with E-state index >= 15 is 4.79 Å². The number of nitrogens with zero attached hydrogens (tertiary/aromatic N) is 1. The molecular weight excluding hydrogens is 926 g/mol. The molecule has 6 aromatic rings. The second-order valence-corrected chi connectivity index (χ2v) is 17.1. The van der Waals surface area contributed by atoms with E-state index in [0.717, 1.165) is 17.0 Å². The number of carbonyl (C=O) groups excluding carboxylic acids is 4. The average Bonchev–Trinajstić information content (AvgIpc) is 3.68. The SMILES string of the molecule is CN1C(=O)[C@@H](c2cc(Cl)c(O)c(Cl)c2)NC(=O)C2NC(=O)[C@@H](c3cc(Cl)c(O)c(Cl)c3)NC(=O)C(N)Cc3c[nH]c4c(cccc34)-c3cc2cc(c3O)Oc2ccc(cc2)CC1C(=O)O. The molecule has 5 aromatic carbocycles. The van der Waals surface area contributed by atoms with Crippen LogP contribution in [-0.2, 0) is 36.8 Å². The Kier molecular flexibility index (Phi) is 12.2. The zero-order valence-electron chi connectivity index (χ0n) is 33.7. The summed E-state index contributed by atoms with van der Waals surface area (Å²) in [4.78, 5) is 75.5. The molecule has 1 aromatic heterocycles. The number of amides is 4. The molecule has 0 fully saturated rings. The number of phenols is 3. The molecule has 65 heavy (non-hydrogen) atoms. The molecule has 0 saturated carbocycles. The number of phenolic OH excluding ortho intramolecular Hbond substituents is 3. The van der Waals surface area contributed by atoms with Gasteiger partial charge in [-0.2, -0.15) is 0 Å². The molecule has 3 aliphatic rings. The topological polar surface area (TPSA) is 257 Å². The number of aromatic amines is 1. The number of aromatic nitrogens is 1. The Bertz CT molecular complexity index is 2920. The number of rotatable bonds is 3. The van der Waals surface area contributed by atoms with Gasteiger partial charge in [-0.15, -0.1) is 0 Å². The number of carboxylic acids is 1. The van der Waals surface area contributed by atoms with Crippen LogP contribution in [-0.4, -0.2) is 79.0 Å². The molecular formula is C45H36Cl4N6O10. The van der Waals surface area contributed by atoms with E-state index in [0.29, 0.717) is 27.6 Å². The quantitative estimate of drug-likeness (QED) is 0.0916. The fourth-order valence-electron chi connectivity index (χ4n) is 7.90. The molecule has 3 unspecified atom stereocenters. The van der Waals surface area contributed by atoms with Gasteiger partial charge in [0.15, 0.2) is 23.0 Å². The molecule has 4 amide bonds. The molecule has 3 aliphatic heterocycles. The monoisotopic (exact) mass is 960 g/mol. The normalized spacial score (nSPS) is 20.5. The number of aliphatic carboxylic acids is 1. The van der Waals surface area contributed by atoms with Crippen molar-refractivity contribution in [1.82, 2.24) is 25.8 Å². The number of nitrogens with one attached hydrogen (secondary N) is 4. The first-order valence-electron chi connectivity index (χ1n) is 19.6. The minimum atomic E-state index is -1.85. The molecule has 10 N–H and O–H groups in total. The van der Waals surface area contributed by atoms with Gasteiger partial charge in [-0.25, -0.2) is 4.79 Å². The number of carboxylic acid groups (broad SMARTS) is 1. The van der Waals surface area contributed by atoms with Crippen LogP contribution in [0.25, 0.3) is 22.0 Å². The Labute approximate surface area is 388 Å². The van der Waals surface area contributed by atoms with Crippen molar-refractivity contribution in [1.29, 1.82) is 0 Å². The lowest BCUT2D eigenvalue weighted by Crippen LogP contribution is -2.52. The van der Waals surface area contributed by atoms with Gasteiger partial charge in [0, 0.05) is 36.2 Å². The second kappa shape index (κ2) is 17.7. The number of aromatic hydroxyl groups is 3. The van der Waals surface area contributed by atoms with Crippen LogP contribution >= 0.6 is 46.4 Å². The highest BCUT2D eigenvalue weighted by atomic mass is 35.5. The van der Waals surface area contributed by atoms with E-state index in [4.69, 9.17) is 56.9 Å². The number of H-pyrrole nitrogens is 1. The lowest BCUT2D eigenvalue weighted by Gasteiger charge is -2.31.